The van der Waals surface area contributed by atoms with Crippen molar-refractivity contribution >= 4 is 45.0 Å². The first-order valence-electron chi connectivity index (χ1n) is 9.41. The minimum Gasteiger partial charge on any atom is -0.497 e. The fourth-order valence-electron chi connectivity index (χ4n) is 2.76. The molecule has 3 rings (SSSR count). The average molecular weight is 473 g/mol. The Balaban J connectivity index is 1.77. The topological polar surface area (TPSA) is 93.7 Å². The molecule has 166 valence electrons. The maximum absolute atomic E-state index is 12.8. The van der Waals surface area contributed by atoms with Crippen molar-refractivity contribution in [3.05, 3.63) is 83.4 Å². The van der Waals surface area contributed by atoms with E-state index in [0.29, 0.717) is 11.5 Å². The summed E-state index contributed by atoms with van der Waals surface area (Å²) in [5, 5.41) is 2.80. The van der Waals surface area contributed by atoms with Gasteiger partial charge >= 0.3 is 0 Å². The molecule has 7 nitrogen and oxygen atoms in total. The molecular weight excluding hydrogens is 452 g/mol. The molecule has 0 fully saturated rings. The van der Waals surface area contributed by atoms with Gasteiger partial charge in [-0.3, -0.25) is 9.52 Å². The van der Waals surface area contributed by atoms with Gasteiger partial charge in [0.1, 0.15) is 11.5 Å². The van der Waals surface area contributed by atoms with Crippen molar-refractivity contribution in [2.24, 2.45) is 0 Å². The van der Waals surface area contributed by atoms with Gasteiger partial charge in [-0.15, -0.1) is 0 Å². The summed E-state index contributed by atoms with van der Waals surface area (Å²) >= 11 is 6.16. The molecule has 0 bridgehead atoms. The molecule has 3 aromatic rings. The van der Waals surface area contributed by atoms with Gasteiger partial charge in [-0.2, -0.15) is 0 Å². The fourth-order valence-corrected chi connectivity index (χ4v) is 4.02. The Hall–Kier alpha value is -3.49. The van der Waals surface area contributed by atoms with Crippen molar-refractivity contribution in [2.45, 2.75) is 4.90 Å². The first kappa shape index (κ1) is 23.2. The second kappa shape index (κ2) is 10.2. The van der Waals surface area contributed by atoms with Crippen LogP contribution in [0.4, 0.5) is 11.4 Å². The van der Waals surface area contributed by atoms with Crippen LogP contribution in [0.5, 0.6) is 11.5 Å². The van der Waals surface area contributed by atoms with E-state index in [1.165, 1.54) is 31.4 Å². The molecule has 0 spiro atoms. The lowest BCUT2D eigenvalue weighted by atomic mass is 10.2. The van der Waals surface area contributed by atoms with E-state index in [9.17, 15) is 13.2 Å². The monoisotopic (exact) mass is 472 g/mol. The number of sulfonamides is 1. The number of carbonyl (C=O) groups is 1. The zero-order chi connectivity index (χ0) is 23.1. The summed E-state index contributed by atoms with van der Waals surface area (Å²) in [5.41, 5.74) is 1.25. The van der Waals surface area contributed by atoms with Crippen LogP contribution in [-0.4, -0.2) is 28.5 Å². The summed E-state index contributed by atoms with van der Waals surface area (Å²) in [4.78, 5) is 12.3. The summed E-state index contributed by atoms with van der Waals surface area (Å²) in [6.45, 7) is 0. The van der Waals surface area contributed by atoms with Gasteiger partial charge < -0.3 is 14.8 Å². The number of nitrogens with one attached hydrogen (secondary N) is 2. The van der Waals surface area contributed by atoms with Gasteiger partial charge in [0.15, 0.2) is 0 Å². The number of methoxy groups -OCH3 is 2. The van der Waals surface area contributed by atoms with E-state index in [2.05, 4.69) is 10.0 Å². The highest BCUT2D eigenvalue weighted by Crippen LogP contribution is 2.29. The van der Waals surface area contributed by atoms with Crippen LogP contribution in [-0.2, 0) is 14.8 Å². The van der Waals surface area contributed by atoms with Crippen molar-refractivity contribution in [1.29, 1.82) is 0 Å². The molecule has 0 aliphatic heterocycles. The minimum absolute atomic E-state index is 0.0674. The molecule has 0 saturated heterocycles. The van der Waals surface area contributed by atoms with Crippen LogP contribution in [0, 0.1) is 0 Å². The summed E-state index contributed by atoms with van der Waals surface area (Å²) in [7, 11) is -0.934. The summed E-state index contributed by atoms with van der Waals surface area (Å²) in [5.74, 6) is 0.621. The number of ether oxygens (including phenoxy) is 2. The third kappa shape index (κ3) is 5.81. The number of hydrogen-bond donors (Lipinski definition) is 2. The Morgan fingerprint density at radius 1 is 0.938 bits per heavy atom. The molecular formula is C23H21ClN2O5S. The molecule has 0 aromatic heterocycles. The lowest BCUT2D eigenvalue weighted by Gasteiger charge is -2.13. The molecule has 0 radical (unpaired) electrons. The maximum Gasteiger partial charge on any atom is 0.262 e. The number of anilines is 2. The van der Waals surface area contributed by atoms with Crippen LogP contribution >= 0.6 is 11.6 Å². The minimum atomic E-state index is -3.95. The molecule has 9 heteroatoms. The van der Waals surface area contributed by atoms with Gasteiger partial charge in [0.2, 0.25) is 5.91 Å². The molecule has 0 heterocycles. The Morgan fingerprint density at radius 3 is 2.34 bits per heavy atom. The van der Waals surface area contributed by atoms with Gasteiger partial charge in [-0.1, -0.05) is 35.9 Å². The van der Waals surface area contributed by atoms with Gasteiger partial charge in [0.25, 0.3) is 10.0 Å². The van der Waals surface area contributed by atoms with Gasteiger partial charge in [-0.25, -0.2) is 8.42 Å². The second-order valence-corrected chi connectivity index (χ2v) is 8.63. The largest absolute Gasteiger partial charge is 0.497 e. The van der Waals surface area contributed by atoms with E-state index < -0.39 is 15.9 Å². The van der Waals surface area contributed by atoms with Crippen molar-refractivity contribution in [3.63, 3.8) is 0 Å². The predicted octanol–water partition coefficient (Wildman–Crippen LogP) is 4.81. The molecule has 0 aliphatic carbocycles. The smallest absolute Gasteiger partial charge is 0.262 e. The van der Waals surface area contributed by atoms with E-state index in [0.717, 1.165) is 5.56 Å². The number of amides is 1. The Kier molecular flexibility index (Phi) is 7.40. The maximum atomic E-state index is 12.8. The van der Waals surface area contributed by atoms with Crippen molar-refractivity contribution in [3.8, 4) is 11.5 Å². The third-order valence-corrected chi connectivity index (χ3v) is 6.09. The van der Waals surface area contributed by atoms with E-state index in [4.69, 9.17) is 21.1 Å². The SMILES string of the molecule is COc1ccc(/C=C/C(=O)Nc2cc(S(=O)(=O)Nc3ccccc3OC)ccc2Cl)cc1. The quantitative estimate of drug-likeness (QED) is 0.459. The molecule has 0 saturated carbocycles. The van der Waals surface area contributed by atoms with Crippen molar-refractivity contribution in [1.82, 2.24) is 0 Å². The Bertz CT molecular complexity index is 1240. The lowest BCUT2D eigenvalue weighted by Crippen LogP contribution is -2.15. The highest BCUT2D eigenvalue weighted by Gasteiger charge is 2.18. The van der Waals surface area contributed by atoms with Gasteiger partial charge in [0.05, 0.1) is 35.5 Å². The number of rotatable bonds is 8. The van der Waals surface area contributed by atoms with Crippen LogP contribution < -0.4 is 19.5 Å². The Morgan fingerprint density at radius 2 is 1.66 bits per heavy atom. The van der Waals surface area contributed by atoms with Crippen LogP contribution in [0.1, 0.15) is 5.56 Å². The number of hydrogen-bond acceptors (Lipinski definition) is 5. The summed E-state index contributed by atoms with van der Waals surface area (Å²) < 4.78 is 38.4. The molecule has 3 aromatic carbocycles. The van der Waals surface area contributed by atoms with Crippen LogP contribution in [0.15, 0.2) is 77.7 Å². The lowest BCUT2D eigenvalue weighted by molar-refractivity contribution is -0.111. The molecule has 2 N–H and O–H groups in total. The second-order valence-electron chi connectivity index (χ2n) is 6.54. The predicted molar refractivity (Wildman–Crippen MR) is 126 cm³/mol. The molecule has 0 unspecified atom stereocenters. The van der Waals surface area contributed by atoms with E-state index in [-0.39, 0.29) is 21.3 Å². The van der Waals surface area contributed by atoms with E-state index in [1.807, 2.05) is 0 Å². The first-order chi connectivity index (χ1) is 15.3. The van der Waals surface area contributed by atoms with Gasteiger partial charge in [-0.05, 0) is 54.1 Å². The van der Waals surface area contributed by atoms with E-state index in [1.54, 1.807) is 61.7 Å². The van der Waals surface area contributed by atoms with Crippen molar-refractivity contribution < 1.29 is 22.7 Å². The average Bonchev–Trinajstić information content (AvgIpc) is 2.79. The summed E-state index contributed by atoms with van der Waals surface area (Å²) in [6.07, 6.45) is 2.94. The first-order valence-corrected chi connectivity index (χ1v) is 11.3. The standard InChI is InChI=1S/C23H21ClN2O5S/c1-30-17-10-7-16(8-11-17)9-14-23(27)25-21-15-18(12-13-19(21)24)32(28,29)26-20-5-3-4-6-22(20)31-2/h3-15,26H,1-2H3,(H,25,27)/b14-9+. The molecule has 0 aliphatic rings. The molecule has 0 atom stereocenters. The number of para-hydroxylation sites is 2. The summed E-state index contributed by atoms with van der Waals surface area (Å²) in [6, 6.07) is 17.8. The highest BCUT2D eigenvalue weighted by molar-refractivity contribution is 7.92. The van der Waals surface area contributed by atoms with E-state index >= 15 is 0 Å². The zero-order valence-electron chi connectivity index (χ0n) is 17.3. The normalized spacial score (nSPS) is 11.2. The third-order valence-electron chi connectivity index (χ3n) is 4.40. The highest BCUT2D eigenvalue weighted by atomic mass is 35.5. The zero-order valence-corrected chi connectivity index (χ0v) is 18.9. The molecule has 32 heavy (non-hydrogen) atoms. The Labute approximate surface area is 191 Å². The number of carbonyl (C=O) groups excluding carboxylic acids is 1. The molecule has 1 amide bonds. The van der Waals surface area contributed by atoms with Gasteiger partial charge in [0, 0.05) is 6.08 Å². The van der Waals surface area contributed by atoms with Crippen LogP contribution in [0.3, 0.4) is 0 Å². The van der Waals surface area contributed by atoms with Crippen molar-refractivity contribution in [2.75, 3.05) is 24.3 Å². The number of halogens is 1. The number of benzene rings is 3. The van der Waals surface area contributed by atoms with Crippen LogP contribution in [0.2, 0.25) is 5.02 Å². The van der Waals surface area contributed by atoms with Crippen LogP contribution in [0.25, 0.3) is 6.08 Å². The fraction of sp³-hybridized carbons (Fsp3) is 0.0870.